The Bertz CT molecular complexity index is 1650. The third-order valence-electron chi connectivity index (χ3n) is 6.61. The average Bonchev–Trinajstić information content (AvgIpc) is 3.53. The van der Waals surface area contributed by atoms with Gasteiger partial charge >= 0.3 is 6.18 Å². The number of aryl methyl sites for hydroxylation is 2. The number of imidazole rings is 1. The molecule has 1 atom stereocenters. The number of aromatic nitrogens is 6. The molecule has 5 aromatic rings. The van der Waals surface area contributed by atoms with Crippen LogP contribution in [0.1, 0.15) is 18.4 Å². The minimum absolute atomic E-state index is 0.0139. The number of rotatable bonds is 5. The van der Waals surface area contributed by atoms with Crippen molar-refractivity contribution in [2.24, 2.45) is 7.05 Å². The highest BCUT2D eigenvalue weighted by Crippen LogP contribution is 2.36. The van der Waals surface area contributed by atoms with Crippen molar-refractivity contribution >= 4 is 39.5 Å². The van der Waals surface area contributed by atoms with Gasteiger partial charge in [0, 0.05) is 25.3 Å². The highest BCUT2D eigenvalue weighted by atomic mass is 19.4. The molecule has 194 valence electrons. The summed E-state index contributed by atoms with van der Waals surface area (Å²) in [5.74, 6) is 1.73. The number of nitrogens with zero attached hydrogens (tertiary/aromatic N) is 7. The van der Waals surface area contributed by atoms with Gasteiger partial charge in [-0.2, -0.15) is 13.2 Å². The largest absolute Gasteiger partial charge is 0.457 e. The summed E-state index contributed by atoms with van der Waals surface area (Å²) in [6.45, 7) is 2.16. The van der Waals surface area contributed by atoms with Gasteiger partial charge in [0.1, 0.15) is 34.9 Å². The van der Waals surface area contributed by atoms with Crippen LogP contribution in [0.25, 0.3) is 22.1 Å². The molecule has 38 heavy (non-hydrogen) atoms. The van der Waals surface area contributed by atoms with Crippen LogP contribution >= 0.6 is 0 Å². The first-order chi connectivity index (χ1) is 18.3. The number of benzene rings is 2. The van der Waals surface area contributed by atoms with Crippen molar-refractivity contribution < 1.29 is 17.9 Å². The molecule has 1 aliphatic heterocycles. The predicted molar refractivity (Wildman–Crippen MR) is 137 cm³/mol. The Morgan fingerprint density at radius 3 is 2.71 bits per heavy atom. The first-order valence-corrected chi connectivity index (χ1v) is 12.0. The number of hydrogen-bond acceptors (Lipinski definition) is 8. The zero-order chi connectivity index (χ0) is 26.4. The molecule has 12 heteroatoms. The average molecular weight is 521 g/mol. The lowest BCUT2D eigenvalue weighted by Gasteiger charge is -2.26. The standard InChI is InChI=1S/C26H23F3N8O/c1-15-10-16(5-8-21(15)38-17-6-7-20-18(11-17)33-14-36(20)2)34-24-23-19(31-13-32-24)12-30-25(35-23)37-9-3-4-22(37)26(27,28)29/h5-8,10-14,22H,3-4,9H2,1-2H3,(H,31,32,34). The van der Waals surface area contributed by atoms with Gasteiger partial charge in [-0.05, 0) is 55.7 Å². The van der Waals surface area contributed by atoms with Crippen LogP contribution in [0, 0.1) is 6.92 Å². The zero-order valence-electron chi connectivity index (χ0n) is 20.6. The van der Waals surface area contributed by atoms with Crippen molar-refractivity contribution in [1.82, 2.24) is 29.5 Å². The Labute approximate surface area is 215 Å². The minimum atomic E-state index is -4.35. The number of fused-ring (bicyclic) bond motifs is 2. The van der Waals surface area contributed by atoms with Crippen LogP contribution in [-0.4, -0.2) is 48.2 Å². The molecule has 1 aliphatic rings. The summed E-state index contributed by atoms with van der Waals surface area (Å²) in [4.78, 5) is 22.6. The van der Waals surface area contributed by atoms with Crippen LogP contribution in [0.3, 0.4) is 0 Å². The van der Waals surface area contributed by atoms with Crippen molar-refractivity contribution in [3.05, 3.63) is 60.8 Å². The summed E-state index contributed by atoms with van der Waals surface area (Å²) in [5.41, 5.74) is 4.20. The molecule has 2 aromatic carbocycles. The fourth-order valence-corrected chi connectivity index (χ4v) is 4.71. The molecule has 1 fully saturated rings. The molecular formula is C26H23F3N8O. The maximum Gasteiger partial charge on any atom is 0.408 e. The Kier molecular flexibility index (Phi) is 5.73. The summed E-state index contributed by atoms with van der Waals surface area (Å²) in [6.07, 6.45) is 0.631. The topological polar surface area (TPSA) is 93.9 Å². The lowest BCUT2D eigenvalue weighted by molar-refractivity contribution is -0.146. The molecular weight excluding hydrogens is 497 g/mol. The first kappa shape index (κ1) is 23.9. The molecule has 0 aliphatic carbocycles. The van der Waals surface area contributed by atoms with Crippen molar-refractivity contribution in [2.75, 3.05) is 16.8 Å². The Balaban J connectivity index is 1.26. The van der Waals surface area contributed by atoms with E-state index in [2.05, 4.69) is 30.2 Å². The van der Waals surface area contributed by atoms with E-state index >= 15 is 0 Å². The molecule has 1 unspecified atom stereocenters. The van der Waals surface area contributed by atoms with Crippen molar-refractivity contribution in [3.63, 3.8) is 0 Å². The Morgan fingerprint density at radius 2 is 1.89 bits per heavy atom. The summed E-state index contributed by atoms with van der Waals surface area (Å²) in [5, 5.41) is 3.21. The Hall–Kier alpha value is -4.48. The molecule has 0 saturated carbocycles. The van der Waals surface area contributed by atoms with E-state index in [1.165, 1.54) is 17.4 Å². The van der Waals surface area contributed by atoms with Gasteiger partial charge in [-0.3, -0.25) is 0 Å². The van der Waals surface area contributed by atoms with E-state index in [4.69, 9.17) is 4.74 Å². The summed E-state index contributed by atoms with van der Waals surface area (Å²) >= 11 is 0. The van der Waals surface area contributed by atoms with E-state index in [0.717, 1.165) is 16.6 Å². The van der Waals surface area contributed by atoms with Crippen LogP contribution in [0.15, 0.2) is 55.2 Å². The third-order valence-corrected chi connectivity index (χ3v) is 6.61. The SMILES string of the molecule is Cc1cc(Nc2ncnc3cnc(N4CCCC4C(F)(F)F)nc23)ccc1Oc1ccc2c(c1)ncn2C. The Morgan fingerprint density at radius 1 is 1.03 bits per heavy atom. The second-order valence-electron chi connectivity index (χ2n) is 9.23. The molecule has 0 spiro atoms. The number of anilines is 3. The number of alkyl halides is 3. The van der Waals surface area contributed by atoms with Crippen molar-refractivity contribution in [2.45, 2.75) is 32.0 Å². The van der Waals surface area contributed by atoms with Crippen LogP contribution < -0.4 is 15.0 Å². The van der Waals surface area contributed by atoms with Gasteiger partial charge in [-0.1, -0.05) is 0 Å². The van der Waals surface area contributed by atoms with Crippen LogP contribution in [0.4, 0.5) is 30.6 Å². The maximum atomic E-state index is 13.5. The normalized spacial score (nSPS) is 15.9. The summed E-state index contributed by atoms with van der Waals surface area (Å²) < 4.78 is 48.6. The van der Waals surface area contributed by atoms with E-state index in [-0.39, 0.29) is 18.9 Å². The predicted octanol–water partition coefficient (Wildman–Crippen LogP) is 5.68. The molecule has 0 radical (unpaired) electrons. The maximum absolute atomic E-state index is 13.5. The summed E-state index contributed by atoms with van der Waals surface area (Å²) in [7, 11) is 1.94. The van der Waals surface area contributed by atoms with Gasteiger partial charge in [0.05, 0.1) is 23.6 Å². The van der Waals surface area contributed by atoms with Gasteiger partial charge in [-0.25, -0.2) is 24.9 Å². The third kappa shape index (κ3) is 4.42. The fraction of sp³-hybridized carbons (Fsp3) is 0.269. The first-order valence-electron chi connectivity index (χ1n) is 12.0. The second-order valence-corrected chi connectivity index (χ2v) is 9.23. The van der Waals surface area contributed by atoms with Gasteiger partial charge in [0.15, 0.2) is 5.82 Å². The van der Waals surface area contributed by atoms with E-state index < -0.39 is 12.2 Å². The lowest BCUT2D eigenvalue weighted by Crippen LogP contribution is -2.42. The van der Waals surface area contributed by atoms with Gasteiger partial charge in [0.25, 0.3) is 0 Å². The molecule has 3 aromatic heterocycles. The smallest absolute Gasteiger partial charge is 0.408 e. The van der Waals surface area contributed by atoms with E-state index in [1.807, 2.05) is 54.9 Å². The van der Waals surface area contributed by atoms with Gasteiger partial charge in [-0.15, -0.1) is 0 Å². The van der Waals surface area contributed by atoms with Crippen LogP contribution in [-0.2, 0) is 7.05 Å². The summed E-state index contributed by atoms with van der Waals surface area (Å²) in [6, 6.07) is 9.69. The fourth-order valence-electron chi connectivity index (χ4n) is 4.71. The monoisotopic (exact) mass is 520 g/mol. The molecule has 6 rings (SSSR count). The second kappa shape index (κ2) is 9.12. The molecule has 1 N–H and O–H groups in total. The molecule has 4 heterocycles. The van der Waals surface area contributed by atoms with Gasteiger partial charge < -0.3 is 19.5 Å². The highest BCUT2D eigenvalue weighted by Gasteiger charge is 2.47. The molecule has 0 amide bonds. The van der Waals surface area contributed by atoms with Crippen molar-refractivity contribution in [1.29, 1.82) is 0 Å². The molecule has 9 nitrogen and oxygen atoms in total. The van der Waals surface area contributed by atoms with Crippen LogP contribution in [0.5, 0.6) is 11.5 Å². The lowest BCUT2D eigenvalue weighted by atomic mass is 10.2. The van der Waals surface area contributed by atoms with Gasteiger partial charge in [0.2, 0.25) is 5.95 Å². The molecule has 1 saturated heterocycles. The van der Waals surface area contributed by atoms with E-state index in [0.29, 0.717) is 40.5 Å². The zero-order valence-corrected chi connectivity index (χ0v) is 20.6. The highest BCUT2D eigenvalue weighted by molar-refractivity contribution is 5.87. The molecule has 0 bridgehead atoms. The number of halogens is 3. The van der Waals surface area contributed by atoms with E-state index in [9.17, 15) is 13.2 Å². The van der Waals surface area contributed by atoms with Crippen molar-refractivity contribution in [3.8, 4) is 11.5 Å². The number of ether oxygens (including phenoxy) is 1. The van der Waals surface area contributed by atoms with E-state index in [1.54, 1.807) is 6.33 Å². The number of hydrogen-bond donors (Lipinski definition) is 1. The van der Waals surface area contributed by atoms with Crippen LogP contribution in [0.2, 0.25) is 0 Å². The quantitative estimate of drug-likeness (QED) is 0.316. The number of nitrogens with one attached hydrogen (secondary N) is 1. The minimum Gasteiger partial charge on any atom is -0.457 e.